The van der Waals surface area contributed by atoms with E-state index in [1.807, 2.05) is 6.92 Å². The molecule has 6 nitrogen and oxygen atoms in total. The molecule has 0 radical (unpaired) electrons. The summed E-state index contributed by atoms with van der Waals surface area (Å²) < 4.78 is 25.4. The van der Waals surface area contributed by atoms with Crippen molar-refractivity contribution < 1.29 is 23.5 Å². The van der Waals surface area contributed by atoms with E-state index in [-0.39, 0.29) is 23.1 Å². The lowest BCUT2D eigenvalue weighted by molar-refractivity contribution is -0.128. The zero-order valence-corrected chi connectivity index (χ0v) is 18.6. The predicted octanol–water partition coefficient (Wildman–Crippen LogP) is 3.82. The molecule has 2 amide bonds. The molecule has 156 valence electrons. The first-order valence-electron chi connectivity index (χ1n) is 8.98. The van der Waals surface area contributed by atoms with Gasteiger partial charge in [-0.3, -0.25) is 19.8 Å². The average molecular weight is 493 g/mol. The molecule has 0 saturated carbocycles. The van der Waals surface area contributed by atoms with Gasteiger partial charge >= 0.3 is 0 Å². The van der Waals surface area contributed by atoms with E-state index in [1.54, 1.807) is 24.3 Å². The van der Waals surface area contributed by atoms with Gasteiger partial charge in [0.25, 0.3) is 11.8 Å². The summed E-state index contributed by atoms with van der Waals surface area (Å²) in [4.78, 5) is 25.8. The predicted molar refractivity (Wildman–Crippen MR) is 118 cm³/mol. The first-order chi connectivity index (χ1) is 14.3. The number of nitrogens with one attached hydrogen (secondary N) is 1. The van der Waals surface area contributed by atoms with Crippen LogP contribution in [0.3, 0.4) is 0 Å². The molecule has 1 N–H and O–H groups in total. The van der Waals surface area contributed by atoms with Gasteiger partial charge in [-0.05, 0) is 60.6 Å². The van der Waals surface area contributed by atoms with Crippen molar-refractivity contribution in [3.8, 4) is 11.5 Å². The summed E-state index contributed by atoms with van der Waals surface area (Å²) in [5.74, 6) is -0.548. The summed E-state index contributed by atoms with van der Waals surface area (Å²) in [7, 11) is 1.49. The average Bonchev–Trinajstić information content (AvgIpc) is 2.70. The molecule has 0 spiro atoms. The Bertz CT molecular complexity index is 1060. The van der Waals surface area contributed by atoms with E-state index in [4.69, 9.17) is 21.7 Å². The molecular formula is C21H18BrFN2O4S. The van der Waals surface area contributed by atoms with Gasteiger partial charge in [0.15, 0.2) is 16.6 Å². The molecule has 30 heavy (non-hydrogen) atoms. The SMILES string of the molecule is CCOc1cc(/C=C2\C(=O)NC(=S)N(C)C2=O)c(Br)cc1OCc1cccc(F)c1. The number of benzene rings is 2. The van der Waals surface area contributed by atoms with Gasteiger partial charge in [0.2, 0.25) is 0 Å². The van der Waals surface area contributed by atoms with Crippen LogP contribution in [-0.4, -0.2) is 35.5 Å². The lowest BCUT2D eigenvalue weighted by Crippen LogP contribution is -2.52. The van der Waals surface area contributed by atoms with Crippen LogP contribution in [0.1, 0.15) is 18.1 Å². The summed E-state index contributed by atoms with van der Waals surface area (Å²) in [5.41, 5.74) is 1.17. The highest BCUT2D eigenvalue weighted by Gasteiger charge is 2.31. The van der Waals surface area contributed by atoms with E-state index in [0.29, 0.717) is 33.7 Å². The zero-order valence-electron chi connectivity index (χ0n) is 16.2. The second-order valence-electron chi connectivity index (χ2n) is 6.35. The number of hydrogen-bond acceptors (Lipinski definition) is 5. The molecule has 0 aromatic heterocycles. The number of amides is 2. The highest BCUT2D eigenvalue weighted by Crippen LogP contribution is 2.35. The zero-order chi connectivity index (χ0) is 21.8. The van der Waals surface area contributed by atoms with Gasteiger partial charge in [-0.25, -0.2) is 4.39 Å². The molecule has 0 aliphatic carbocycles. The Labute approximate surface area is 186 Å². The Morgan fingerprint density at radius 2 is 1.93 bits per heavy atom. The molecule has 0 bridgehead atoms. The van der Waals surface area contributed by atoms with E-state index in [2.05, 4.69) is 21.2 Å². The third-order valence-corrected chi connectivity index (χ3v) is 5.31. The summed E-state index contributed by atoms with van der Waals surface area (Å²) >= 11 is 8.39. The topological polar surface area (TPSA) is 67.9 Å². The fourth-order valence-electron chi connectivity index (χ4n) is 2.73. The monoisotopic (exact) mass is 492 g/mol. The second kappa shape index (κ2) is 9.36. The first-order valence-corrected chi connectivity index (χ1v) is 10.2. The van der Waals surface area contributed by atoms with E-state index in [0.717, 1.165) is 0 Å². The Hall–Kier alpha value is -2.78. The van der Waals surface area contributed by atoms with Gasteiger partial charge in [-0.2, -0.15) is 0 Å². The number of carbonyl (C=O) groups is 2. The molecule has 2 aromatic carbocycles. The highest BCUT2D eigenvalue weighted by atomic mass is 79.9. The molecule has 3 rings (SSSR count). The number of nitrogens with zero attached hydrogens (tertiary/aromatic N) is 1. The lowest BCUT2D eigenvalue weighted by Gasteiger charge is -2.25. The maximum absolute atomic E-state index is 13.4. The number of likely N-dealkylation sites (N-methyl/N-ethyl adjacent to an activating group) is 1. The minimum Gasteiger partial charge on any atom is -0.490 e. The molecule has 1 aliphatic heterocycles. The van der Waals surface area contributed by atoms with Crippen LogP contribution in [0.4, 0.5) is 4.39 Å². The Kier molecular flexibility index (Phi) is 6.84. The van der Waals surface area contributed by atoms with Crippen LogP contribution in [0.2, 0.25) is 0 Å². The van der Waals surface area contributed by atoms with E-state index in [9.17, 15) is 14.0 Å². The van der Waals surface area contributed by atoms with Crippen LogP contribution in [0.15, 0.2) is 46.4 Å². The maximum atomic E-state index is 13.4. The fraction of sp³-hybridized carbons (Fsp3) is 0.190. The molecule has 0 atom stereocenters. The lowest BCUT2D eigenvalue weighted by atomic mass is 10.1. The van der Waals surface area contributed by atoms with E-state index < -0.39 is 11.8 Å². The minimum absolute atomic E-state index is 0.0531. The number of rotatable bonds is 6. The van der Waals surface area contributed by atoms with Gasteiger partial charge in [-0.15, -0.1) is 0 Å². The third kappa shape index (κ3) is 4.85. The van der Waals surface area contributed by atoms with Crippen molar-refractivity contribution in [2.45, 2.75) is 13.5 Å². The number of hydrogen-bond donors (Lipinski definition) is 1. The van der Waals surface area contributed by atoms with Crippen LogP contribution in [0.25, 0.3) is 6.08 Å². The summed E-state index contributed by atoms with van der Waals surface area (Å²) in [6.45, 7) is 2.35. The molecule has 2 aromatic rings. The van der Waals surface area contributed by atoms with Crippen molar-refractivity contribution in [3.05, 3.63) is 63.4 Å². The third-order valence-electron chi connectivity index (χ3n) is 4.25. The van der Waals surface area contributed by atoms with Gasteiger partial charge in [0, 0.05) is 11.5 Å². The maximum Gasteiger partial charge on any atom is 0.265 e. The number of thiocarbonyl (C=S) groups is 1. The van der Waals surface area contributed by atoms with Crippen LogP contribution in [-0.2, 0) is 16.2 Å². The second-order valence-corrected chi connectivity index (χ2v) is 7.59. The van der Waals surface area contributed by atoms with Gasteiger partial charge < -0.3 is 9.47 Å². The molecule has 1 heterocycles. The summed E-state index contributed by atoms with van der Waals surface area (Å²) in [6.07, 6.45) is 1.46. The largest absolute Gasteiger partial charge is 0.490 e. The van der Waals surface area contributed by atoms with E-state index >= 15 is 0 Å². The molecule has 1 fully saturated rings. The van der Waals surface area contributed by atoms with Gasteiger partial charge in [-0.1, -0.05) is 28.1 Å². The van der Waals surface area contributed by atoms with Crippen molar-refractivity contribution in [2.24, 2.45) is 0 Å². The highest BCUT2D eigenvalue weighted by molar-refractivity contribution is 9.10. The van der Waals surface area contributed by atoms with Gasteiger partial charge in [0.1, 0.15) is 18.0 Å². The van der Waals surface area contributed by atoms with Crippen molar-refractivity contribution >= 4 is 51.2 Å². The van der Waals surface area contributed by atoms with Gasteiger partial charge in [0.05, 0.1) is 6.61 Å². The first kappa shape index (κ1) is 21.9. The quantitative estimate of drug-likeness (QED) is 0.377. The fourth-order valence-corrected chi connectivity index (χ4v) is 3.34. The van der Waals surface area contributed by atoms with Crippen molar-refractivity contribution in [1.82, 2.24) is 10.2 Å². The van der Waals surface area contributed by atoms with Crippen molar-refractivity contribution in [3.63, 3.8) is 0 Å². The number of halogens is 2. The Morgan fingerprint density at radius 1 is 1.20 bits per heavy atom. The normalized spacial score (nSPS) is 15.4. The van der Waals surface area contributed by atoms with Crippen LogP contribution >= 0.6 is 28.1 Å². The summed E-state index contributed by atoms with van der Waals surface area (Å²) in [6, 6.07) is 9.46. The molecular weight excluding hydrogens is 475 g/mol. The summed E-state index contributed by atoms with van der Waals surface area (Å²) in [5, 5.41) is 2.52. The van der Waals surface area contributed by atoms with Crippen molar-refractivity contribution in [1.29, 1.82) is 0 Å². The standard InChI is InChI=1S/C21H18BrFN2O4S/c1-3-28-17-9-13(8-15-19(26)24-21(30)25(2)20(15)27)16(22)10-18(17)29-11-12-5-4-6-14(23)7-12/h4-10H,3,11H2,1-2H3,(H,24,26,30)/b15-8+. The van der Waals surface area contributed by atoms with Crippen LogP contribution < -0.4 is 14.8 Å². The molecule has 9 heteroatoms. The minimum atomic E-state index is -0.570. The van der Waals surface area contributed by atoms with Crippen LogP contribution in [0.5, 0.6) is 11.5 Å². The number of carbonyl (C=O) groups excluding carboxylic acids is 2. The Balaban J connectivity index is 1.92. The number of ether oxygens (including phenoxy) is 2. The van der Waals surface area contributed by atoms with Crippen molar-refractivity contribution in [2.75, 3.05) is 13.7 Å². The molecule has 0 unspecified atom stereocenters. The van der Waals surface area contributed by atoms with Crippen LogP contribution in [0, 0.1) is 5.82 Å². The molecule has 1 aliphatic rings. The van der Waals surface area contributed by atoms with E-state index in [1.165, 1.54) is 30.2 Å². The smallest absolute Gasteiger partial charge is 0.265 e. The molecule has 1 saturated heterocycles. The Morgan fingerprint density at radius 3 is 2.63 bits per heavy atom.